The zero-order valence-electron chi connectivity index (χ0n) is 44.3. The van der Waals surface area contributed by atoms with Crippen LogP contribution in [0.4, 0.5) is 0 Å². The van der Waals surface area contributed by atoms with Crippen LogP contribution >= 0.6 is 0 Å². The molecule has 1 aliphatic heterocycles. The normalized spacial score (nSPS) is 19.5. The average Bonchev–Trinajstić information content (AvgIpc) is 3.32. The lowest BCUT2D eigenvalue weighted by atomic mass is 9.95. The number of amides is 1. The van der Waals surface area contributed by atoms with E-state index in [0.29, 0.717) is 38.5 Å². The van der Waals surface area contributed by atoms with E-state index in [0.717, 1.165) is 77.0 Å². The van der Waals surface area contributed by atoms with Gasteiger partial charge in [-0.1, -0.05) is 194 Å². The summed E-state index contributed by atoms with van der Waals surface area (Å²) in [5.74, 6) is -7.07. The van der Waals surface area contributed by atoms with Gasteiger partial charge in [-0.15, -0.1) is 0 Å². The van der Waals surface area contributed by atoms with Gasteiger partial charge < -0.3 is 59.6 Å². The molecule has 72 heavy (non-hydrogen) atoms. The molecule has 0 aliphatic carbocycles. The number of aliphatic carboxylic acids is 2. The molecule has 0 bridgehead atoms. The third-order valence-corrected chi connectivity index (χ3v) is 13.1. The molecule has 1 amide bonds. The molecule has 0 aromatic heterocycles. The van der Waals surface area contributed by atoms with Crippen LogP contribution in [0.15, 0.2) is 0 Å². The van der Waals surface area contributed by atoms with E-state index in [9.17, 15) is 59.4 Å². The van der Waals surface area contributed by atoms with Crippen molar-refractivity contribution >= 4 is 35.8 Å². The van der Waals surface area contributed by atoms with Crippen LogP contribution in [0, 0.1) is 0 Å². The SMILES string of the molecule is CCCCCCCCCCC[C@@H](O)CC(=O)N[C@H]1[C@@H](OCC(=O)O)O[C@H](COC(=O)[C@@H](CC(=O)O)OC(=O)C[C@H](O)CCCCCCCCCCC)[C@@H](O)[C@@H]1OC(=O)C[C@H](O)CCCCCCCCCCC. The first-order chi connectivity index (χ1) is 34.6. The van der Waals surface area contributed by atoms with Gasteiger partial charge in [0, 0.05) is 0 Å². The molecule has 1 saturated heterocycles. The second-order valence-electron chi connectivity index (χ2n) is 19.9. The first-order valence-electron chi connectivity index (χ1n) is 27.9. The fraction of sp³-hybridized carbons (Fsp3) is 0.889. The Morgan fingerprint density at radius 2 is 0.931 bits per heavy atom. The number of carbonyl (C=O) groups excluding carboxylic acids is 4. The van der Waals surface area contributed by atoms with E-state index in [4.69, 9.17) is 23.7 Å². The minimum absolute atomic E-state index is 0.293. The number of aliphatic hydroxyl groups excluding tert-OH is 4. The molecule has 9 atom stereocenters. The van der Waals surface area contributed by atoms with Crippen LogP contribution in [0.2, 0.25) is 0 Å². The van der Waals surface area contributed by atoms with Crippen LogP contribution in [-0.4, -0.2) is 135 Å². The predicted octanol–water partition coefficient (Wildman–Crippen LogP) is 8.52. The molecular formula is C54H97NO17. The maximum Gasteiger partial charge on any atom is 0.348 e. The molecule has 1 heterocycles. The number of ether oxygens (including phenoxy) is 5. The Kier molecular flexibility index (Phi) is 39.7. The van der Waals surface area contributed by atoms with E-state index in [1.807, 2.05) is 0 Å². The first-order valence-corrected chi connectivity index (χ1v) is 27.9. The lowest BCUT2D eigenvalue weighted by Crippen LogP contribution is -2.66. The Balaban J connectivity index is 3.09. The van der Waals surface area contributed by atoms with Gasteiger partial charge in [-0.2, -0.15) is 0 Å². The second kappa shape index (κ2) is 42.9. The van der Waals surface area contributed by atoms with Gasteiger partial charge in [0.15, 0.2) is 12.4 Å². The molecule has 0 unspecified atom stereocenters. The van der Waals surface area contributed by atoms with Gasteiger partial charge in [-0.25, -0.2) is 9.59 Å². The fourth-order valence-corrected chi connectivity index (χ4v) is 8.86. The van der Waals surface area contributed by atoms with E-state index in [1.54, 1.807) is 0 Å². The third-order valence-electron chi connectivity index (χ3n) is 13.1. The Morgan fingerprint density at radius 3 is 1.35 bits per heavy atom. The highest BCUT2D eigenvalue weighted by Gasteiger charge is 2.50. The van der Waals surface area contributed by atoms with Crippen molar-refractivity contribution in [2.75, 3.05) is 13.2 Å². The van der Waals surface area contributed by atoms with Crippen molar-refractivity contribution in [2.24, 2.45) is 0 Å². The molecule has 1 fully saturated rings. The van der Waals surface area contributed by atoms with E-state index in [2.05, 4.69) is 26.1 Å². The van der Waals surface area contributed by atoms with Gasteiger partial charge >= 0.3 is 29.8 Å². The number of carboxylic acids is 2. The molecule has 0 radical (unpaired) electrons. The Labute approximate surface area is 430 Å². The molecule has 0 saturated carbocycles. The van der Waals surface area contributed by atoms with E-state index < -0.39 is 130 Å². The summed E-state index contributed by atoms with van der Waals surface area (Å²) in [5.41, 5.74) is 0. The summed E-state index contributed by atoms with van der Waals surface area (Å²) in [4.78, 5) is 76.4. The standard InChI is InChI=1S/C54H97NO17/c1-4-7-10-13-16-19-22-25-28-31-40(56)34-45(59)55-50-52(72-49(65)36-42(58)33-30-27-24-21-18-15-12-9-6-3)51(66)44(71-54(50)69-39-47(62)63)38-68-53(67)43(37-46(60)61)70-48(64)35-41(57)32-29-26-23-20-17-14-11-8-5-2/h40-44,50-52,54,56-58,66H,4-39H2,1-3H3,(H,55,59)(H,60,61)(H,62,63)/t40-,41-,42-,43-,44-,50-,51-,52-,54+/m1/s1. The smallest absolute Gasteiger partial charge is 0.348 e. The molecular weight excluding hydrogens is 935 g/mol. The van der Waals surface area contributed by atoms with Crippen molar-refractivity contribution in [1.82, 2.24) is 5.32 Å². The van der Waals surface area contributed by atoms with Crippen molar-refractivity contribution in [2.45, 2.75) is 294 Å². The van der Waals surface area contributed by atoms with Gasteiger partial charge in [0.2, 0.25) is 12.0 Å². The lowest BCUT2D eigenvalue weighted by molar-refractivity contribution is -0.275. The molecule has 0 spiro atoms. The Bertz CT molecular complexity index is 1450. The number of nitrogens with one attached hydrogen (secondary N) is 1. The number of esters is 3. The highest BCUT2D eigenvalue weighted by Crippen LogP contribution is 2.27. The first kappa shape index (κ1) is 66.6. The topological polar surface area (TPSA) is 282 Å². The summed E-state index contributed by atoms with van der Waals surface area (Å²) in [7, 11) is 0. The number of aliphatic hydroxyl groups is 4. The van der Waals surface area contributed by atoms with Crippen LogP contribution in [0.5, 0.6) is 0 Å². The van der Waals surface area contributed by atoms with Crippen LogP contribution in [0.1, 0.15) is 239 Å². The summed E-state index contributed by atoms with van der Waals surface area (Å²) >= 11 is 0. The van der Waals surface area contributed by atoms with Crippen molar-refractivity contribution in [3.8, 4) is 0 Å². The summed E-state index contributed by atoms with van der Waals surface area (Å²) in [5, 5.41) is 65.3. The van der Waals surface area contributed by atoms with Crippen LogP contribution < -0.4 is 5.32 Å². The summed E-state index contributed by atoms with van der Waals surface area (Å²) in [6, 6.07) is -1.57. The van der Waals surface area contributed by atoms with Gasteiger partial charge in [0.05, 0.1) is 44.0 Å². The Morgan fingerprint density at radius 1 is 0.528 bits per heavy atom. The molecule has 420 valence electrons. The van der Waals surface area contributed by atoms with Crippen molar-refractivity contribution in [1.29, 1.82) is 0 Å². The van der Waals surface area contributed by atoms with Crippen molar-refractivity contribution < 1.29 is 83.1 Å². The minimum atomic E-state index is -1.97. The summed E-state index contributed by atoms with van der Waals surface area (Å²) in [6.45, 7) is 4.63. The van der Waals surface area contributed by atoms with Crippen LogP contribution in [0.25, 0.3) is 0 Å². The number of carboxylic acid groups (broad SMARTS) is 2. The molecule has 7 N–H and O–H groups in total. The quantitative estimate of drug-likeness (QED) is 0.0171. The van der Waals surface area contributed by atoms with Gasteiger partial charge in [-0.05, 0) is 19.3 Å². The monoisotopic (exact) mass is 1030 g/mol. The number of hydrogen-bond acceptors (Lipinski definition) is 15. The lowest BCUT2D eigenvalue weighted by Gasteiger charge is -2.44. The zero-order chi connectivity index (χ0) is 53.4. The largest absolute Gasteiger partial charge is 0.481 e. The summed E-state index contributed by atoms with van der Waals surface area (Å²) < 4.78 is 27.5. The van der Waals surface area contributed by atoms with Crippen molar-refractivity contribution in [3.63, 3.8) is 0 Å². The zero-order valence-corrected chi connectivity index (χ0v) is 44.3. The highest BCUT2D eigenvalue weighted by molar-refractivity contribution is 5.84. The van der Waals surface area contributed by atoms with E-state index in [-0.39, 0.29) is 0 Å². The van der Waals surface area contributed by atoms with E-state index in [1.165, 1.54) is 77.0 Å². The van der Waals surface area contributed by atoms with Gasteiger partial charge in [0.25, 0.3) is 0 Å². The molecule has 18 heteroatoms. The maximum atomic E-state index is 13.4. The third kappa shape index (κ3) is 34.1. The molecule has 0 aromatic rings. The van der Waals surface area contributed by atoms with E-state index >= 15 is 0 Å². The molecule has 1 aliphatic rings. The average molecular weight is 1030 g/mol. The highest BCUT2D eigenvalue weighted by atomic mass is 16.7. The number of hydrogen-bond donors (Lipinski definition) is 7. The Hall–Kier alpha value is -3.42. The number of rotatable bonds is 47. The fourth-order valence-electron chi connectivity index (χ4n) is 8.86. The van der Waals surface area contributed by atoms with Crippen molar-refractivity contribution in [3.05, 3.63) is 0 Å². The maximum absolute atomic E-state index is 13.4. The number of unbranched alkanes of at least 4 members (excludes halogenated alkanes) is 24. The molecule has 18 nitrogen and oxygen atoms in total. The second-order valence-corrected chi connectivity index (χ2v) is 19.9. The van der Waals surface area contributed by atoms with Gasteiger partial charge in [0.1, 0.15) is 31.5 Å². The summed E-state index contributed by atoms with van der Waals surface area (Å²) in [6.07, 6.45) is 14.8. The van der Waals surface area contributed by atoms with Crippen LogP contribution in [0.3, 0.4) is 0 Å². The predicted molar refractivity (Wildman–Crippen MR) is 271 cm³/mol. The number of carbonyl (C=O) groups is 6. The van der Waals surface area contributed by atoms with Gasteiger partial charge in [-0.3, -0.25) is 19.2 Å². The molecule has 0 aromatic carbocycles. The minimum Gasteiger partial charge on any atom is -0.481 e. The molecule has 1 rings (SSSR count). The van der Waals surface area contributed by atoms with Crippen LogP contribution in [-0.2, 0) is 52.5 Å².